The summed E-state index contributed by atoms with van der Waals surface area (Å²) in [5.74, 6) is 0.0111. The number of imidazole rings is 1. The highest BCUT2D eigenvalue weighted by atomic mass is 32.2. The van der Waals surface area contributed by atoms with E-state index in [0.717, 1.165) is 22.2 Å². The molecule has 37 heavy (non-hydrogen) atoms. The Bertz CT molecular complexity index is 1580. The standard InChI is InChI=1S/C28H26FN3O4S/c1-4-20-21(7-10-25(26(20)29)37(3)35)28(34)32-11-12-36-24-9-6-17(13-19(24)15-32)18-5-8-22-23(14-18)31-27(30-22)16(2)33/h5-10,13-14H,4,11-12,15H2,1-3H3,(H,30,31). The minimum absolute atomic E-state index is 0.104. The monoisotopic (exact) mass is 519 g/mol. The molecule has 0 radical (unpaired) electrons. The van der Waals surface area contributed by atoms with Crippen LogP contribution in [0.15, 0.2) is 53.4 Å². The number of aromatic amines is 1. The predicted octanol–water partition coefficient (Wildman–Crippen LogP) is 4.91. The third-order valence-electron chi connectivity index (χ3n) is 6.58. The number of fused-ring (bicyclic) bond motifs is 2. The van der Waals surface area contributed by atoms with Crippen molar-refractivity contribution in [3.63, 3.8) is 0 Å². The maximum absolute atomic E-state index is 15.0. The average Bonchev–Trinajstić information content (AvgIpc) is 3.20. The number of halogens is 1. The fourth-order valence-corrected chi connectivity index (χ4v) is 5.28. The van der Waals surface area contributed by atoms with Gasteiger partial charge in [-0.3, -0.25) is 13.8 Å². The molecule has 1 atom stereocenters. The second kappa shape index (κ2) is 9.89. The number of amides is 1. The average molecular weight is 520 g/mol. The Balaban J connectivity index is 1.47. The summed E-state index contributed by atoms with van der Waals surface area (Å²) in [6, 6.07) is 14.6. The molecule has 7 nitrogen and oxygen atoms in total. The number of carbonyl (C=O) groups is 2. The lowest BCUT2D eigenvalue weighted by molar-refractivity contribution is 0.0731. The molecule has 3 aromatic carbocycles. The van der Waals surface area contributed by atoms with E-state index < -0.39 is 16.6 Å². The lowest BCUT2D eigenvalue weighted by Gasteiger charge is -2.22. The molecule has 2 heterocycles. The lowest BCUT2D eigenvalue weighted by atomic mass is 10.0. The molecule has 0 aliphatic carbocycles. The number of rotatable bonds is 5. The fraction of sp³-hybridized carbons (Fsp3) is 0.250. The van der Waals surface area contributed by atoms with E-state index in [4.69, 9.17) is 4.74 Å². The Hall–Kier alpha value is -3.85. The summed E-state index contributed by atoms with van der Waals surface area (Å²) in [5, 5.41) is 0. The molecular formula is C28H26FN3O4S. The van der Waals surface area contributed by atoms with Crippen LogP contribution in [-0.2, 0) is 23.8 Å². The zero-order valence-electron chi connectivity index (χ0n) is 20.8. The van der Waals surface area contributed by atoms with Gasteiger partial charge in [0.05, 0.1) is 33.3 Å². The van der Waals surface area contributed by atoms with E-state index in [-0.39, 0.29) is 27.7 Å². The van der Waals surface area contributed by atoms with Crippen molar-refractivity contribution < 1.29 is 22.9 Å². The van der Waals surface area contributed by atoms with Crippen molar-refractivity contribution in [2.24, 2.45) is 0 Å². The van der Waals surface area contributed by atoms with Gasteiger partial charge in [-0.15, -0.1) is 0 Å². The topological polar surface area (TPSA) is 92.4 Å². The first kappa shape index (κ1) is 24.8. The number of H-pyrrole nitrogens is 1. The molecule has 4 aromatic rings. The molecule has 1 aromatic heterocycles. The van der Waals surface area contributed by atoms with Gasteiger partial charge in [-0.25, -0.2) is 9.37 Å². The Labute approximate surface area is 216 Å². The van der Waals surface area contributed by atoms with Crippen LogP contribution in [0.3, 0.4) is 0 Å². The summed E-state index contributed by atoms with van der Waals surface area (Å²) >= 11 is 0. The van der Waals surface area contributed by atoms with Gasteiger partial charge in [-0.1, -0.05) is 19.1 Å². The number of ketones is 1. The van der Waals surface area contributed by atoms with Crippen molar-refractivity contribution >= 4 is 33.5 Å². The van der Waals surface area contributed by atoms with Gasteiger partial charge in [0.1, 0.15) is 18.2 Å². The Kier molecular flexibility index (Phi) is 6.64. The second-order valence-corrected chi connectivity index (χ2v) is 10.3. The predicted molar refractivity (Wildman–Crippen MR) is 140 cm³/mol. The van der Waals surface area contributed by atoms with E-state index >= 15 is 4.39 Å². The van der Waals surface area contributed by atoms with E-state index in [1.807, 2.05) is 36.4 Å². The minimum Gasteiger partial charge on any atom is -0.491 e. The Morgan fingerprint density at radius 2 is 1.89 bits per heavy atom. The smallest absolute Gasteiger partial charge is 0.254 e. The third-order valence-corrected chi connectivity index (χ3v) is 7.51. The highest BCUT2D eigenvalue weighted by Crippen LogP contribution is 2.32. The molecule has 0 bridgehead atoms. The first-order valence-electron chi connectivity index (χ1n) is 12.0. The van der Waals surface area contributed by atoms with Crippen LogP contribution in [0.2, 0.25) is 0 Å². The van der Waals surface area contributed by atoms with Crippen molar-refractivity contribution in [1.82, 2.24) is 14.9 Å². The molecule has 1 aliphatic heterocycles. The number of nitrogens with zero attached hydrogens (tertiary/aromatic N) is 2. The van der Waals surface area contributed by atoms with Crippen molar-refractivity contribution in [1.29, 1.82) is 0 Å². The second-order valence-electron chi connectivity index (χ2n) is 8.98. The number of hydrogen-bond acceptors (Lipinski definition) is 5. The Morgan fingerprint density at radius 1 is 1.14 bits per heavy atom. The van der Waals surface area contributed by atoms with Crippen LogP contribution in [0.4, 0.5) is 4.39 Å². The SMILES string of the molecule is CCc1c(C(=O)N2CCOc3ccc(-c4ccc5nc(C(C)=O)[nH]c5c4)cc3C2)ccc(S(C)=O)c1F. The molecule has 0 saturated heterocycles. The quantitative estimate of drug-likeness (QED) is 0.379. The van der Waals surface area contributed by atoms with Gasteiger partial charge >= 0.3 is 0 Å². The first-order chi connectivity index (χ1) is 17.8. The molecule has 5 rings (SSSR count). The number of ether oxygens (including phenoxy) is 1. The zero-order valence-corrected chi connectivity index (χ0v) is 21.6. The molecule has 0 saturated carbocycles. The molecule has 1 amide bonds. The van der Waals surface area contributed by atoms with Crippen molar-refractivity contribution in [2.75, 3.05) is 19.4 Å². The highest BCUT2D eigenvalue weighted by molar-refractivity contribution is 7.84. The number of Topliss-reactive ketones (excluding diaryl/α,β-unsaturated/α-hetero) is 1. The summed E-state index contributed by atoms with van der Waals surface area (Å²) in [6.07, 6.45) is 1.73. The van der Waals surface area contributed by atoms with Gasteiger partial charge in [0.15, 0.2) is 11.6 Å². The van der Waals surface area contributed by atoms with Crippen LogP contribution < -0.4 is 4.74 Å². The van der Waals surface area contributed by atoms with Gasteiger partial charge in [-0.2, -0.15) is 0 Å². The Morgan fingerprint density at radius 3 is 2.62 bits per heavy atom. The summed E-state index contributed by atoms with van der Waals surface area (Å²) in [4.78, 5) is 34.3. The number of nitrogens with one attached hydrogen (secondary N) is 1. The largest absolute Gasteiger partial charge is 0.491 e. The maximum atomic E-state index is 15.0. The summed E-state index contributed by atoms with van der Waals surface area (Å²) in [5.41, 5.74) is 4.70. The molecule has 0 fully saturated rings. The van der Waals surface area contributed by atoms with Crippen LogP contribution in [0.1, 0.15) is 46.0 Å². The maximum Gasteiger partial charge on any atom is 0.254 e. The van der Waals surface area contributed by atoms with Crippen LogP contribution >= 0.6 is 0 Å². The highest BCUT2D eigenvalue weighted by Gasteiger charge is 2.26. The normalized spacial score (nSPS) is 14.1. The minimum atomic E-state index is -1.48. The molecular weight excluding hydrogens is 493 g/mol. The van der Waals surface area contributed by atoms with Crippen molar-refractivity contribution in [3.8, 4) is 16.9 Å². The van der Waals surface area contributed by atoms with Crippen LogP contribution in [0.25, 0.3) is 22.2 Å². The first-order valence-corrected chi connectivity index (χ1v) is 13.5. The van der Waals surface area contributed by atoms with E-state index in [2.05, 4.69) is 9.97 Å². The molecule has 1 N–H and O–H groups in total. The van der Waals surface area contributed by atoms with Gasteiger partial charge in [0.25, 0.3) is 5.91 Å². The van der Waals surface area contributed by atoms with Crippen LogP contribution in [0, 0.1) is 5.82 Å². The van der Waals surface area contributed by atoms with Gasteiger partial charge in [0, 0.05) is 36.4 Å². The lowest BCUT2D eigenvalue weighted by Crippen LogP contribution is -2.33. The molecule has 1 aliphatic rings. The molecule has 190 valence electrons. The molecule has 9 heteroatoms. The van der Waals surface area contributed by atoms with Crippen molar-refractivity contribution in [3.05, 3.63) is 76.9 Å². The zero-order chi connectivity index (χ0) is 26.3. The van der Waals surface area contributed by atoms with Gasteiger partial charge in [-0.05, 0) is 53.9 Å². The van der Waals surface area contributed by atoms with E-state index in [0.29, 0.717) is 43.2 Å². The van der Waals surface area contributed by atoms with E-state index in [1.54, 1.807) is 17.9 Å². The van der Waals surface area contributed by atoms with Gasteiger partial charge < -0.3 is 14.6 Å². The fourth-order valence-electron chi connectivity index (χ4n) is 4.64. The van der Waals surface area contributed by atoms with Crippen LogP contribution in [0.5, 0.6) is 5.75 Å². The summed E-state index contributed by atoms with van der Waals surface area (Å²) < 4.78 is 32.8. The molecule has 0 spiro atoms. The third kappa shape index (κ3) is 4.67. The van der Waals surface area contributed by atoms with Gasteiger partial charge in [0.2, 0.25) is 0 Å². The van der Waals surface area contributed by atoms with Crippen LogP contribution in [-0.4, -0.2) is 50.2 Å². The number of aromatic nitrogens is 2. The number of carbonyl (C=O) groups excluding carboxylic acids is 2. The molecule has 1 unspecified atom stereocenters. The summed E-state index contributed by atoms with van der Waals surface area (Å²) in [6.45, 7) is 4.21. The number of hydrogen-bond donors (Lipinski definition) is 1. The van der Waals surface area contributed by atoms with E-state index in [1.165, 1.54) is 19.2 Å². The van der Waals surface area contributed by atoms with E-state index in [9.17, 15) is 13.8 Å². The number of benzene rings is 3. The summed E-state index contributed by atoms with van der Waals surface area (Å²) in [7, 11) is -1.48. The van der Waals surface area contributed by atoms with Crippen molar-refractivity contribution in [2.45, 2.75) is 31.7 Å².